The van der Waals surface area contributed by atoms with E-state index < -0.39 is 0 Å². The van der Waals surface area contributed by atoms with Crippen LogP contribution in [0.4, 0.5) is 4.79 Å². The summed E-state index contributed by atoms with van der Waals surface area (Å²) in [4.78, 5) is 13.9. The van der Waals surface area contributed by atoms with Gasteiger partial charge in [-0.05, 0) is 18.4 Å². The van der Waals surface area contributed by atoms with E-state index in [0.717, 1.165) is 12.8 Å². The number of nitrogens with zero attached hydrogens (tertiary/aromatic N) is 1. The molecule has 1 aromatic rings. The van der Waals surface area contributed by atoms with Gasteiger partial charge >= 0.3 is 6.03 Å². The van der Waals surface area contributed by atoms with Crippen LogP contribution >= 0.6 is 0 Å². The number of carbonyl (C=O) groups excluding carboxylic acids is 1. The van der Waals surface area contributed by atoms with Crippen LogP contribution in [-0.2, 0) is 5.41 Å². The Kier molecular flexibility index (Phi) is 4.65. The van der Waals surface area contributed by atoms with E-state index >= 15 is 0 Å². The van der Waals surface area contributed by atoms with Gasteiger partial charge < -0.3 is 15.3 Å². The number of nitrogens with one attached hydrogen (secondary N) is 1. The van der Waals surface area contributed by atoms with Crippen LogP contribution in [0.3, 0.4) is 0 Å². The summed E-state index contributed by atoms with van der Waals surface area (Å²) in [6.07, 6.45) is 2.10. The highest BCUT2D eigenvalue weighted by molar-refractivity contribution is 5.75. The average Bonchev–Trinajstić information content (AvgIpc) is 3.28. The van der Waals surface area contributed by atoms with E-state index in [1.54, 1.807) is 4.90 Å². The van der Waals surface area contributed by atoms with Crippen molar-refractivity contribution in [1.29, 1.82) is 0 Å². The standard InChI is InChI=1S/C16H24N2O2/c1-16(2,13-6-4-3-5-7-13)12-17-15(20)18(10-11-19)14-8-9-14/h3-7,14,19H,8-12H2,1-2H3,(H,17,20). The molecule has 0 atom stereocenters. The molecule has 0 unspecified atom stereocenters. The van der Waals surface area contributed by atoms with Gasteiger partial charge in [0.05, 0.1) is 6.61 Å². The lowest BCUT2D eigenvalue weighted by molar-refractivity contribution is 0.172. The van der Waals surface area contributed by atoms with Crippen LogP contribution in [0.5, 0.6) is 0 Å². The molecule has 2 N–H and O–H groups in total. The van der Waals surface area contributed by atoms with Crippen molar-refractivity contribution in [1.82, 2.24) is 10.2 Å². The molecule has 1 saturated carbocycles. The second kappa shape index (κ2) is 6.27. The smallest absolute Gasteiger partial charge is 0.317 e. The van der Waals surface area contributed by atoms with E-state index in [-0.39, 0.29) is 18.1 Å². The highest BCUT2D eigenvalue weighted by Gasteiger charge is 2.32. The second-order valence-electron chi connectivity index (χ2n) is 6.06. The van der Waals surface area contributed by atoms with Crippen molar-refractivity contribution < 1.29 is 9.90 Å². The Hall–Kier alpha value is -1.55. The van der Waals surface area contributed by atoms with Crippen molar-refractivity contribution in [3.05, 3.63) is 35.9 Å². The molecule has 0 aromatic heterocycles. The lowest BCUT2D eigenvalue weighted by Gasteiger charge is -2.28. The van der Waals surface area contributed by atoms with Gasteiger partial charge in [-0.1, -0.05) is 44.2 Å². The molecule has 1 aromatic carbocycles. The molecule has 0 saturated heterocycles. The lowest BCUT2D eigenvalue weighted by atomic mass is 9.85. The molecule has 0 radical (unpaired) electrons. The molecule has 4 heteroatoms. The zero-order valence-electron chi connectivity index (χ0n) is 12.3. The molecule has 1 fully saturated rings. The van der Waals surface area contributed by atoms with E-state index in [2.05, 4.69) is 31.3 Å². The van der Waals surface area contributed by atoms with Gasteiger partial charge in [-0.15, -0.1) is 0 Å². The number of hydrogen-bond donors (Lipinski definition) is 2. The number of benzene rings is 1. The third kappa shape index (κ3) is 3.73. The van der Waals surface area contributed by atoms with Gasteiger partial charge in [-0.3, -0.25) is 0 Å². The number of aliphatic hydroxyl groups excluding tert-OH is 1. The summed E-state index contributed by atoms with van der Waals surface area (Å²) in [5.41, 5.74) is 1.10. The molecular weight excluding hydrogens is 252 g/mol. The van der Waals surface area contributed by atoms with E-state index in [1.165, 1.54) is 5.56 Å². The first-order valence-corrected chi connectivity index (χ1v) is 7.25. The van der Waals surface area contributed by atoms with Crippen molar-refractivity contribution >= 4 is 6.03 Å². The monoisotopic (exact) mass is 276 g/mol. The highest BCUT2D eigenvalue weighted by Crippen LogP contribution is 2.27. The van der Waals surface area contributed by atoms with Crippen molar-refractivity contribution in [3.63, 3.8) is 0 Å². The van der Waals surface area contributed by atoms with Gasteiger partial charge in [0.1, 0.15) is 0 Å². The van der Waals surface area contributed by atoms with Crippen LogP contribution < -0.4 is 5.32 Å². The van der Waals surface area contributed by atoms with Crippen LogP contribution in [0.2, 0.25) is 0 Å². The van der Waals surface area contributed by atoms with Crippen LogP contribution in [0.15, 0.2) is 30.3 Å². The molecule has 0 aliphatic heterocycles. The maximum absolute atomic E-state index is 12.2. The molecule has 110 valence electrons. The van der Waals surface area contributed by atoms with Gasteiger partial charge in [-0.25, -0.2) is 4.79 Å². The van der Waals surface area contributed by atoms with E-state index in [9.17, 15) is 4.79 Å². The third-order valence-electron chi connectivity index (χ3n) is 3.83. The summed E-state index contributed by atoms with van der Waals surface area (Å²) in [7, 11) is 0. The maximum atomic E-state index is 12.2. The number of carbonyl (C=O) groups is 1. The molecule has 1 aliphatic rings. The molecule has 4 nitrogen and oxygen atoms in total. The predicted molar refractivity (Wildman–Crippen MR) is 79.7 cm³/mol. The Morgan fingerprint density at radius 3 is 2.55 bits per heavy atom. The molecule has 0 heterocycles. The minimum Gasteiger partial charge on any atom is -0.395 e. The van der Waals surface area contributed by atoms with Crippen molar-refractivity contribution in [2.75, 3.05) is 19.7 Å². The molecule has 0 bridgehead atoms. The Balaban J connectivity index is 1.91. The fourth-order valence-electron chi connectivity index (χ4n) is 2.33. The summed E-state index contributed by atoms with van der Waals surface area (Å²) in [6.45, 7) is 5.27. The van der Waals surface area contributed by atoms with E-state index in [1.807, 2.05) is 18.2 Å². The zero-order chi connectivity index (χ0) is 14.6. The Morgan fingerprint density at radius 1 is 1.35 bits per heavy atom. The van der Waals surface area contributed by atoms with E-state index in [0.29, 0.717) is 19.1 Å². The SMILES string of the molecule is CC(C)(CNC(=O)N(CCO)C1CC1)c1ccccc1. The predicted octanol–water partition coefficient (Wildman–Crippen LogP) is 2.13. The van der Waals surface area contributed by atoms with Crippen LogP contribution in [0.1, 0.15) is 32.3 Å². The first-order chi connectivity index (χ1) is 9.54. The van der Waals surface area contributed by atoms with Gasteiger partial charge in [0.2, 0.25) is 0 Å². The van der Waals surface area contributed by atoms with Crippen molar-refractivity contribution in [2.24, 2.45) is 0 Å². The number of rotatable bonds is 6. The van der Waals surface area contributed by atoms with Crippen molar-refractivity contribution in [2.45, 2.75) is 38.1 Å². The Morgan fingerprint density at radius 2 is 2.00 bits per heavy atom. The summed E-state index contributed by atoms with van der Waals surface area (Å²) in [5, 5.41) is 12.1. The van der Waals surface area contributed by atoms with Gasteiger partial charge in [-0.2, -0.15) is 0 Å². The zero-order valence-corrected chi connectivity index (χ0v) is 12.3. The first-order valence-electron chi connectivity index (χ1n) is 7.25. The molecule has 1 aliphatic carbocycles. The number of urea groups is 1. The molecule has 2 amide bonds. The maximum Gasteiger partial charge on any atom is 0.317 e. The summed E-state index contributed by atoms with van der Waals surface area (Å²) < 4.78 is 0. The van der Waals surface area contributed by atoms with Gasteiger partial charge in [0.25, 0.3) is 0 Å². The third-order valence-corrected chi connectivity index (χ3v) is 3.83. The average molecular weight is 276 g/mol. The Bertz CT molecular complexity index is 441. The topological polar surface area (TPSA) is 52.6 Å². The lowest BCUT2D eigenvalue weighted by Crippen LogP contribution is -2.46. The van der Waals surface area contributed by atoms with E-state index in [4.69, 9.17) is 5.11 Å². The fraction of sp³-hybridized carbons (Fsp3) is 0.562. The van der Waals surface area contributed by atoms with Crippen molar-refractivity contribution in [3.8, 4) is 0 Å². The summed E-state index contributed by atoms with van der Waals surface area (Å²) in [5.74, 6) is 0. The second-order valence-corrected chi connectivity index (χ2v) is 6.06. The summed E-state index contributed by atoms with van der Waals surface area (Å²) in [6, 6.07) is 10.4. The fourth-order valence-corrected chi connectivity index (χ4v) is 2.33. The molecule has 20 heavy (non-hydrogen) atoms. The summed E-state index contributed by atoms with van der Waals surface area (Å²) >= 11 is 0. The molecule has 2 rings (SSSR count). The quantitative estimate of drug-likeness (QED) is 0.836. The number of aliphatic hydroxyl groups is 1. The van der Waals surface area contributed by atoms with Crippen LogP contribution in [0.25, 0.3) is 0 Å². The molecule has 0 spiro atoms. The van der Waals surface area contributed by atoms with Crippen LogP contribution in [-0.4, -0.2) is 41.8 Å². The first kappa shape index (κ1) is 14.9. The Labute approximate surface area is 120 Å². The number of amides is 2. The highest BCUT2D eigenvalue weighted by atomic mass is 16.3. The van der Waals surface area contributed by atoms with Gasteiger partial charge in [0, 0.05) is 24.5 Å². The molecular formula is C16H24N2O2. The largest absolute Gasteiger partial charge is 0.395 e. The minimum atomic E-state index is -0.106. The van der Waals surface area contributed by atoms with Gasteiger partial charge in [0.15, 0.2) is 0 Å². The number of hydrogen-bond acceptors (Lipinski definition) is 2. The normalized spacial score (nSPS) is 14.9. The minimum absolute atomic E-state index is 0.0198. The van der Waals surface area contributed by atoms with Crippen LogP contribution in [0, 0.1) is 0 Å².